The molecule has 4 aromatic rings. The number of H-pyrrole nitrogens is 1. The Morgan fingerprint density at radius 1 is 1.05 bits per heavy atom. The highest BCUT2D eigenvalue weighted by atomic mass is 35.5. The molecular weight excluding hydrogens is 579 g/mol. The number of alkyl halides is 3. The number of aromatic nitrogens is 3. The van der Waals surface area contributed by atoms with E-state index in [9.17, 15) is 18.0 Å². The molecule has 0 spiro atoms. The molecule has 2 heterocycles. The average Bonchev–Trinajstić information content (AvgIpc) is 3.35. The highest BCUT2D eigenvalue weighted by molar-refractivity contribution is 8.76. The highest BCUT2D eigenvalue weighted by Crippen LogP contribution is 2.47. The van der Waals surface area contributed by atoms with Gasteiger partial charge in [-0.05, 0) is 76.1 Å². The van der Waals surface area contributed by atoms with Crippen LogP contribution < -0.4 is 21.7 Å². The number of pyridine rings is 1. The second-order valence-corrected chi connectivity index (χ2v) is 13.1. The molecule has 0 saturated carbocycles. The lowest BCUT2D eigenvalue weighted by molar-refractivity contribution is -0.610. The predicted octanol–water partition coefficient (Wildman–Crippen LogP) is 4.26. The maximum atomic E-state index is 13.1. The van der Waals surface area contributed by atoms with Gasteiger partial charge in [0.2, 0.25) is 0 Å². The van der Waals surface area contributed by atoms with Gasteiger partial charge in [-0.25, -0.2) is 9.55 Å². The van der Waals surface area contributed by atoms with Crippen LogP contribution in [-0.4, -0.2) is 22.9 Å². The lowest BCUT2D eigenvalue weighted by Gasteiger charge is -2.21. The van der Waals surface area contributed by atoms with Gasteiger partial charge in [0.25, 0.3) is 0 Å². The van der Waals surface area contributed by atoms with Crippen LogP contribution in [0.15, 0.2) is 53.6 Å². The summed E-state index contributed by atoms with van der Waals surface area (Å²) in [6, 6.07) is 11.2. The van der Waals surface area contributed by atoms with Gasteiger partial charge in [-0.15, -0.1) is 0 Å². The zero-order chi connectivity index (χ0) is 28.3. The lowest BCUT2D eigenvalue weighted by Crippen LogP contribution is -3.00. The molecule has 212 valence electrons. The number of carbonyl (C=O) groups excluding carboxylic acids is 1. The summed E-state index contributed by atoms with van der Waals surface area (Å²) in [6.07, 6.45) is -2.51. The van der Waals surface area contributed by atoms with Crippen molar-refractivity contribution in [3.8, 4) is 11.7 Å². The first-order chi connectivity index (χ1) is 18.2. The fourth-order valence-corrected chi connectivity index (χ4v) is 7.57. The van der Waals surface area contributed by atoms with E-state index in [2.05, 4.69) is 4.98 Å². The highest BCUT2D eigenvalue weighted by Gasteiger charge is 2.51. The topological polar surface area (TPSA) is 58.9 Å². The van der Waals surface area contributed by atoms with E-state index >= 15 is 0 Å². The minimum Gasteiger partial charge on any atom is -1.00 e. The van der Waals surface area contributed by atoms with Crippen molar-refractivity contribution in [1.82, 2.24) is 9.97 Å². The molecular formula is C29H29ClF3N3O2S2. The van der Waals surface area contributed by atoms with Crippen LogP contribution in [0, 0.1) is 6.92 Å². The third kappa shape index (κ3) is 5.10. The first-order valence-electron chi connectivity index (χ1n) is 12.4. The number of methoxy groups -OCH3 is 1. The summed E-state index contributed by atoms with van der Waals surface area (Å²) in [7, 11) is 4.34. The largest absolute Gasteiger partial charge is 1.00 e. The number of hydrogen-bond donors (Lipinski definition) is 1. The molecule has 0 unspecified atom stereocenters. The third-order valence-corrected chi connectivity index (χ3v) is 9.76. The second-order valence-electron chi connectivity index (χ2n) is 10.8. The van der Waals surface area contributed by atoms with Crippen molar-refractivity contribution in [2.75, 3.05) is 7.11 Å². The second kappa shape index (κ2) is 10.6. The van der Waals surface area contributed by atoms with Crippen LogP contribution in [-0.2, 0) is 27.6 Å². The molecule has 5 rings (SSSR count). The Morgan fingerprint density at radius 3 is 2.38 bits per heavy atom. The fraction of sp³-hybridized carbons (Fsp3) is 0.345. The Balaban J connectivity index is 0.00000370. The van der Waals surface area contributed by atoms with Crippen molar-refractivity contribution in [3.63, 3.8) is 0 Å². The van der Waals surface area contributed by atoms with Crippen molar-refractivity contribution in [3.05, 3.63) is 76.6 Å². The molecule has 1 N–H and O–H groups in total. The fourth-order valence-electron chi connectivity index (χ4n) is 5.37. The Morgan fingerprint density at radius 2 is 1.73 bits per heavy atom. The van der Waals surface area contributed by atoms with E-state index in [1.165, 1.54) is 27.7 Å². The smallest absolute Gasteiger partial charge is 0.416 e. The van der Waals surface area contributed by atoms with Crippen LogP contribution >= 0.6 is 21.6 Å². The van der Waals surface area contributed by atoms with Gasteiger partial charge in [0.05, 0.1) is 24.6 Å². The lowest BCUT2D eigenvalue weighted by atomic mass is 9.80. The zero-order valence-corrected chi connectivity index (χ0v) is 25.3. The van der Waals surface area contributed by atoms with Gasteiger partial charge in [-0.3, -0.25) is 4.79 Å². The molecule has 0 fully saturated rings. The number of imidazole rings is 1. The molecule has 0 radical (unpaired) electrons. The molecule has 0 saturated heterocycles. The number of carbonyl (C=O) groups is 1. The van der Waals surface area contributed by atoms with E-state index in [-0.39, 0.29) is 18.2 Å². The molecule has 0 bridgehead atoms. The number of nitrogens with zero attached hydrogens (tertiary/aromatic N) is 2. The summed E-state index contributed by atoms with van der Waals surface area (Å²) in [6.45, 7) is 9.80. The molecule has 0 atom stereocenters. The number of ether oxygens (including phenoxy) is 1. The molecule has 0 aliphatic heterocycles. The van der Waals surface area contributed by atoms with E-state index in [1.54, 1.807) is 13.2 Å². The number of fused-ring (bicyclic) bond motifs is 2. The quantitative estimate of drug-likeness (QED) is 0.262. The molecule has 1 aliphatic rings. The minimum absolute atomic E-state index is 0. The number of hydrogen-bond acceptors (Lipinski definition) is 5. The Bertz CT molecular complexity index is 1560. The van der Waals surface area contributed by atoms with Crippen LogP contribution in [0.5, 0.6) is 5.75 Å². The summed E-state index contributed by atoms with van der Waals surface area (Å²) in [5.41, 5.74) is 3.55. The number of ketones is 1. The van der Waals surface area contributed by atoms with Crippen molar-refractivity contribution in [1.29, 1.82) is 0 Å². The van der Waals surface area contributed by atoms with E-state index in [1.807, 2.05) is 63.6 Å². The number of aromatic amines is 1. The monoisotopic (exact) mass is 607 g/mol. The molecule has 2 aromatic carbocycles. The van der Waals surface area contributed by atoms with E-state index < -0.39 is 22.6 Å². The van der Waals surface area contributed by atoms with Gasteiger partial charge in [-0.1, -0.05) is 32.6 Å². The molecule has 0 amide bonds. The van der Waals surface area contributed by atoms with Gasteiger partial charge < -0.3 is 17.1 Å². The first-order valence-corrected chi connectivity index (χ1v) is 14.7. The molecule has 11 heteroatoms. The number of halogens is 4. The standard InChI is InChI=1S/C29H29F3N3O2S2.ClH/c1-16-23(15-38-39-18-9-7-8-17(12-18)29(30,31)32)35(11-10-24(16)37-6)26-33-21-13-19-20(14-22(21)34-26)28(4,5)25(36)27(19,2)3;/h7-14H,15H2,1-6H3,(H,33,34);1H/q+1;/p-1. The predicted molar refractivity (Wildman–Crippen MR) is 149 cm³/mol. The number of Topliss-reactive ketones (excluding diaryl/α,β-unsaturated/α-hetero) is 1. The summed E-state index contributed by atoms with van der Waals surface area (Å²) < 4.78 is 46.9. The number of nitrogens with one attached hydrogen (secondary N) is 1. The molecule has 5 nitrogen and oxygen atoms in total. The third-order valence-electron chi connectivity index (χ3n) is 7.52. The summed E-state index contributed by atoms with van der Waals surface area (Å²) in [4.78, 5) is 21.9. The minimum atomic E-state index is -4.38. The van der Waals surface area contributed by atoms with Crippen LogP contribution in [0.1, 0.15) is 55.6 Å². The van der Waals surface area contributed by atoms with Gasteiger partial charge in [-0.2, -0.15) is 13.2 Å². The van der Waals surface area contributed by atoms with Crippen LogP contribution in [0.4, 0.5) is 13.2 Å². The van der Waals surface area contributed by atoms with Gasteiger partial charge >= 0.3 is 12.1 Å². The SMILES string of the molecule is COc1cc[n+](-c2nc3cc4c(cc3[nH]2)C(C)(C)C(=O)C4(C)C)c(CSSc2cccc(C(F)(F)F)c2)c1C.[Cl-]. The van der Waals surface area contributed by atoms with Gasteiger partial charge in [0.1, 0.15) is 17.0 Å². The number of rotatable bonds is 6. The molecule has 40 heavy (non-hydrogen) atoms. The van der Waals surface area contributed by atoms with Crippen molar-refractivity contribution in [2.45, 2.75) is 62.3 Å². The summed E-state index contributed by atoms with van der Waals surface area (Å²) >= 11 is 0. The first kappa shape index (κ1) is 30.3. The van der Waals surface area contributed by atoms with Crippen LogP contribution in [0.2, 0.25) is 0 Å². The van der Waals surface area contributed by atoms with E-state index in [0.717, 1.165) is 45.6 Å². The van der Waals surface area contributed by atoms with Gasteiger partial charge in [0, 0.05) is 27.4 Å². The van der Waals surface area contributed by atoms with Crippen molar-refractivity contribution in [2.24, 2.45) is 0 Å². The van der Waals surface area contributed by atoms with Crippen LogP contribution in [0.25, 0.3) is 17.0 Å². The maximum Gasteiger partial charge on any atom is 0.416 e. The Kier molecular flexibility index (Phi) is 8.03. The van der Waals surface area contributed by atoms with Crippen molar-refractivity contribution >= 4 is 38.4 Å². The Labute approximate surface area is 245 Å². The summed E-state index contributed by atoms with van der Waals surface area (Å²) in [5.74, 6) is 2.01. The zero-order valence-electron chi connectivity index (χ0n) is 22.9. The van der Waals surface area contributed by atoms with E-state index in [0.29, 0.717) is 22.3 Å². The normalized spacial score (nSPS) is 15.7. The number of benzene rings is 2. The Hall–Kier alpha value is -2.69. The van der Waals surface area contributed by atoms with Gasteiger partial charge in [0.15, 0.2) is 11.3 Å². The van der Waals surface area contributed by atoms with Crippen LogP contribution in [0.3, 0.4) is 0 Å². The van der Waals surface area contributed by atoms with Crippen molar-refractivity contribution < 1.29 is 39.7 Å². The molecule has 1 aliphatic carbocycles. The van der Waals surface area contributed by atoms with E-state index in [4.69, 9.17) is 9.72 Å². The molecule has 2 aromatic heterocycles. The summed E-state index contributed by atoms with van der Waals surface area (Å²) in [5, 5.41) is 0. The maximum absolute atomic E-state index is 13.1. The average molecular weight is 608 g/mol.